The van der Waals surface area contributed by atoms with Crippen molar-refractivity contribution < 1.29 is 19.1 Å². The summed E-state index contributed by atoms with van der Waals surface area (Å²) < 4.78 is 11.9. The van der Waals surface area contributed by atoms with Crippen molar-refractivity contribution in [2.45, 2.75) is 12.6 Å². The van der Waals surface area contributed by atoms with Crippen LogP contribution in [0, 0.1) is 0 Å². The highest BCUT2D eigenvalue weighted by molar-refractivity contribution is 6.02. The van der Waals surface area contributed by atoms with E-state index < -0.39 is 6.10 Å². The summed E-state index contributed by atoms with van der Waals surface area (Å²) in [5, 5.41) is 13.4. The van der Waals surface area contributed by atoms with Gasteiger partial charge in [0, 0.05) is 25.4 Å². The molecule has 156 valence electrons. The summed E-state index contributed by atoms with van der Waals surface area (Å²) in [5.41, 5.74) is 1.53. The number of hydrogen-bond acceptors (Lipinski definition) is 6. The second-order valence-corrected chi connectivity index (χ2v) is 6.37. The lowest BCUT2D eigenvalue weighted by Gasteiger charge is -2.15. The topological polar surface area (TPSA) is 107 Å². The van der Waals surface area contributed by atoms with Gasteiger partial charge in [-0.3, -0.25) is 9.59 Å². The third-order valence-corrected chi connectivity index (χ3v) is 4.32. The van der Waals surface area contributed by atoms with Gasteiger partial charge >= 0.3 is 0 Å². The van der Waals surface area contributed by atoms with Gasteiger partial charge < -0.3 is 20.1 Å². The van der Waals surface area contributed by atoms with Gasteiger partial charge in [-0.2, -0.15) is 0 Å². The molecule has 9 nitrogen and oxygen atoms in total. The fourth-order valence-electron chi connectivity index (χ4n) is 2.82. The van der Waals surface area contributed by atoms with Gasteiger partial charge in [-0.15, -0.1) is 5.10 Å². The molecule has 1 aromatic heterocycles. The minimum atomic E-state index is -0.689. The molecular formula is C21H23N5O4. The lowest BCUT2D eigenvalue weighted by molar-refractivity contribution is -0.131. The van der Waals surface area contributed by atoms with Crippen LogP contribution in [0.4, 0.5) is 5.69 Å². The molecule has 0 saturated heterocycles. The molecule has 0 spiro atoms. The van der Waals surface area contributed by atoms with Gasteiger partial charge in [0.2, 0.25) is 0 Å². The van der Waals surface area contributed by atoms with E-state index in [4.69, 9.17) is 9.47 Å². The summed E-state index contributed by atoms with van der Waals surface area (Å²) in [5.74, 6) is -0.000989. The van der Waals surface area contributed by atoms with Crippen LogP contribution in [-0.4, -0.2) is 47.6 Å². The number of benzene rings is 2. The van der Waals surface area contributed by atoms with Gasteiger partial charge in [-0.25, -0.2) is 4.68 Å². The number of nitrogens with zero attached hydrogens (tertiary/aromatic N) is 3. The van der Waals surface area contributed by atoms with E-state index in [1.807, 2.05) is 30.3 Å². The molecule has 2 aromatic carbocycles. The predicted octanol–water partition coefficient (Wildman–Crippen LogP) is 2.04. The van der Waals surface area contributed by atoms with E-state index in [9.17, 15) is 9.59 Å². The van der Waals surface area contributed by atoms with Crippen LogP contribution in [0.25, 0.3) is 0 Å². The van der Waals surface area contributed by atoms with Crippen molar-refractivity contribution >= 4 is 17.5 Å². The van der Waals surface area contributed by atoms with Crippen molar-refractivity contribution in [3.63, 3.8) is 0 Å². The third kappa shape index (κ3) is 5.42. The van der Waals surface area contributed by atoms with Crippen LogP contribution in [0.3, 0.4) is 0 Å². The van der Waals surface area contributed by atoms with Crippen molar-refractivity contribution in [2.75, 3.05) is 26.1 Å². The number of anilines is 1. The maximum Gasteiger partial charge on any atom is 0.277 e. The monoisotopic (exact) mass is 409 g/mol. The van der Waals surface area contributed by atoms with E-state index in [0.717, 1.165) is 5.56 Å². The van der Waals surface area contributed by atoms with Gasteiger partial charge in [-0.05, 0) is 17.7 Å². The minimum absolute atomic E-state index is 0.170. The predicted molar refractivity (Wildman–Crippen MR) is 110 cm³/mol. The normalized spacial score (nSPS) is 11.5. The first-order valence-corrected chi connectivity index (χ1v) is 9.31. The van der Waals surface area contributed by atoms with Crippen molar-refractivity contribution in [2.24, 2.45) is 0 Å². The summed E-state index contributed by atoms with van der Waals surface area (Å²) in [6, 6.07) is 16.3. The van der Waals surface area contributed by atoms with Crippen LogP contribution >= 0.6 is 0 Å². The number of carbonyl (C=O) groups excluding carboxylic acids is 2. The average molecular weight is 409 g/mol. The molecule has 1 heterocycles. The zero-order valence-electron chi connectivity index (χ0n) is 16.7. The molecule has 0 radical (unpaired) electrons. The Morgan fingerprint density at radius 3 is 2.63 bits per heavy atom. The number of hydrogen-bond donors (Lipinski definition) is 2. The second-order valence-electron chi connectivity index (χ2n) is 6.37. The SMILES string of the molecule is COc1cccc(NC(=O)c2cn(CCNC(=O)C(OC)c3ccccc3)nn2)c1. The Morgan fingerprint density at radius 1 is 1.10 bits per heavy atom. The fraction of sp³-hybridized carbons (Fsp3) is 0.238. The molecule has 1 atom stereocenters. The molecule has 2 N–H and O–H groups in total. The Bertz CT molecular complexity index is 990. The summed E-state index contributed by atoms with van der Waals surface area (Å²) in [6.45, 7) is 0.669. The molecule has 0 aliphatic heterocycles. The Morgan fingerprint density at radius 2 is 1.90 bits per heavy atom. The molecule has 3 rings (SSSR count). The number of aromatic nitrogens is 3. The third-order valence-electron chi connectivity index (χ3n) is 4.32. The maximum atomic E-state index is 12.4. The highest BCUT2D eigenvalue weighted by atomic mass is 16.5. The van der Waals surface area contributed by atoms with E-state index in [0.29, 0.717) is 24.5 Å². The molecule has 0 saturated carbocycles. The van der Waals surface area contributed by atoms with E-state index in [2.05, 4.69) is 20.9 Å². The molecule has 0 fully saturated rings. The Kier molecular flexibility index (Phi) is 7.12. The number of ether oxygens (including phenoxy) is 2. The first kappa shape index (κ1) is 21.0. The van der Waals surface area contributed by atoms with Gasteiger partial charge in [0.15, 0.2) is 11.8 Å². The minimum Gasteiger partial charge on any atom is -0.497 e. The van der Waals surface area contributed by atoms with Crippen LogP contribution in [0.15, 0.2) is 60.8 Å². The maximum absolute atomic E-state index is 12.4. The second kappa shape index (κ2) is 10.2. The smallest absolute Gasteiger partial charge is 0.277 e. The number of carbonyl (C=O) groups is 2. The van der Waals surface area contributed by atoms with E-state index in [1.165, 1.54) is 18.0 Å². The number of amides is 2. The Hall–Kier alpha value is -3.72. The first-order valence-electron chi connectivity index (χ1n) is 9.31. The molecule has 0 aliphatic rings. The van der Waals surface area contributed by atoms with E-state index >= 15 is 0 Å². The van der Waals surface area contributed by atoms with E-state index in [1.54, 1.807) is 31.4 Å². The van der Waals surface area contributed by atoms with Crippen molar-refractivity contribution in [3.05, 3.63) is 72.1 Å². The number of rotatable bonds is 9. The number of methoxy groups -OCH3 is 2. The van der Waals surface area contributed by atoms with Crippen LogP contribution in [0.2, 0.25) is 0 Å². The first-order chi connectivity index (χ1) is 14.6. The molecule has 0 aliphatic carbocycles. The quantitative estimate of drug-likeness (QED) is 0.560. The van der Waals surface area contributed by atoms with Gasteiger partial charge in [0.1, 0.15) is 5.75 Å². The average Bonchev–Trinajstić information content (AvgIpc) is 3.24. The van der Waals surface area contributed by atoms with Crippen molar-refractivity contribution in [3.8, 4) is 5.75 Å². The lowest BCUT2D eigenvalue weighted by Crippen LogP contribution is -2.32. The van der Waals surface area contributed by atoms with E-state index in [-0.39, 0.29) is 17.5 Å². The molecular weight excluding hydrogens is 386 g/mol. The highest BCUT2D eigenvalue weighted by Crippen LogP contribution is 2.17. The van der Waals surface area contributed by atoms with Crippen LogP contribution in [0.5, 0.6) is 5.75 Å². The fourth-order valence-corrected chi connectivity index (χ4v) is 2.82. The standard InChI is InChI=1S/C21H23N5O4/c1-29-17-10-6-9-16(13-17)23-20(27)18-14-26(25-24-18)12-11-22-21(28)19(30-2)15-7-4-3-5-8-15/h3-10,13-14,19H,11-12H2,1-2H3,(H,22,28)(H,23,27). The highest BCUT2D eigenvalue weighted by Gasteiger charge is 2.19. The molecule has 3 aromatic rings. The summed E-state index contributed by atoms with van der Waals surface area (Å²) in [6.07, 6.45) is 0.832. The molecule has 2 amide bonds. The Balaban J connectivity index is 1.51. The van der Waals surface area contributed by atoms with Crippen LogP contribution < -0.4 is 15.4 Å². The summed E-state index contributed by atoms with van der Waals surface area (Å²) in [7, 11) is 3.04. The lowest BCUT2D eigenvalue weighted by atomic mass is 10.1. The molecule has 9 heteroatoms. The zero-order valence-corrected chi connectivity index (χ0v) is 16.7. The summed E-state index contributed by atoms with van der Waals surface area (Å²) >= 11 is 0. The van der Waals surface area contributed by atoms with Crippen molar-refractivity contribution in [1.29, 1.82) is 0 Å². The largest absolute Gasteiger partial charge is 0.497 e. The molecule has 1 unspecified atom stereocenters. The van der Waals surface area contributed by atoms with Crippen molar-refractivity contribution in [1.82, 2.24) is 20.3 Å². The number of nitrogens with one attached hydrogen (secondary N) is 2. The zero-order chi connectivity index (χ0) is 21.3. The van der Waals surface area contributed by atoms with Gasteiger partial charge in [0.25, 0.3) is 11.8 Å². The Labute approximate surface area is 174 Å². The summed E-state index contributed by atoms with van der Waals surface area (Å²) in [4.78, 5) is 24.7. The van der Waals surface area contributed by atoms with Crippen LogP contribution in [-0.2, 0) is 16.1 Å². The molecule has 0 bridgehead atoms. The van der Waals surface area contributed by atoms with Gasteiger partial charge in [0.05, 0.1) is 19.9 Å². The van der Waals surface area contributed by atoms with Gasteiger partial charge in [-0.1, -0.05) is 41.6 Å². The van der Waals surface area contributed by atoms with Crippen LogP contribution in [0.1, 0.15) is 22.2 Å². The molecule has 30 heavy (non-hydrogen) atoms.